The number of rotatable bonds is 2. The fraction of sp³-hybridized carbons (Fsp3) is 1.00. The normalized spacial score (nSPS) is 31.9. The summed E-state index contributed by atoms with van der Waals surface area (Å²) in [5.41, 5.74) is 0. The van der Waals surface area contributed by atoms with Gasteiger partial charge in [0.05, 0.1) is 6.10 Å². The number of hydrogen-bond acceptors (Lipinski definition) is 1. The van der Waals surface area contributed by atoms with E-state index in [-0.39, 0.29) is 1.43 Å². The van der Waals surface area contributed by atoms with Crippen LogP contribution in [-0.2, 0) is 4.74 Å². The van der Waals surface area contributed by atoms with Crippen LogP contribution in [0.1, 0.15) is 52.3 Å². The van der Waals surface area contributed by atoms with Crippen molar-refractivity contribution in [2.75, 3.05) is 6.61 Å². The predicted octanol–water partition coefficient (Wildman–Crippen LogP) is 3.59. The van der Waals surface area contributed by atoms with Crippen LogP contribution in [0.4, 0.5) is 0 Å². The summed E-state index contributed by atoms with van der Waals surface area (Å²) >= 11 is 0. The molecule has 0 spiro atoms. The molecule has 0 saturated carbocycles. The Balaban J connectivity index is -0.0000000542. The zero-order valence-corrected chi connectivity index (χ0v) is 6.23. The van der Waals surface area contributed by atoms with Gasteiger partial charge in [-0.1, -0.05) is 13.3 Å². The molecule has 0 aromatic heterocycles. The summed E-state index contributed by atoms with van der Waals surface area (Å²) in [7, 11) is 0. The van der Waals surface area contributed by atoms with E-state index in [1.807, 2.05) is 0 Å². The van der Waals surface area contributed by atoms with E-state index >= 15 is 0 Å². The van der Waals surface area contributed by atoms with Crippen molar-refractivity contribution in [1.29, 1.82) is 0 Å². The number of hydrogen-bond donors (Lipinski definition) is 0. The predicted molar refractivity (Wildman–Crippen MR) is 49.1 cm³/mol. The molecule has 1 aliphatic rings. The molecule has 0 aliphatic carbocycles. The van der Waals surface area contributed by atoms with Crippen LogP contribution in [0.3, 0.4) is 0 Å². The van der Waals surface area contributed by atoms with Gasteiger partial charge in [0.25, 0.3) is 0 Å². The van der Waals surface area contributed by atoms with Crippen molar-refractivity contribution in [1.82, 2.24) is 0 Å². The van der Waals surface area contributed by atoms with Crippen molar-refractivity contribution >= 4 is 0 Å². The first-order valence-electron chi connectivity index (χ1n) is 8.05. The molecular weight excluding hydrogens is 112 g/mol. The van der Waals surface area contributed by atoms with Crippen molar-refractivity contribution in [3.8, 4) is 0 Å². The van der Waals surface area contributed by atoms with Gasteiger partial charge in [0, 0.05) is 19.9 Å². The van der Waals surface area contributed by atoms with Gasteiger partial charge in [-0.3, -0.25) is 0 Å². The van der Waals surface area contributed by atoms with E-state index in [4.69, 9.17) is 16.6 Å². The smallest absolute Gasteiger partial charge is 0.0575 e. The molecule has 0 aromatic carbocycles. The first kappa shape index (κ1) is 3.38. The lowest BCUT2D eigenvalue weighted by Gasteiger charge is -2.21. The van der Waals surface area contributed by atoms with E-state index in [0.717, 1.165) is 6.61 Å². The van der Waals surface area contributed by atoms with Gasteiger partial charge in [-0.2, -0.15) is 0 Å². The molecule has 0 aromatic rings. The summed E-state index contributed by atoms with van der Waals surface area (Å²) < 4.78 is 45.5. The van der Waals surface area contributed by atoms with Gasteiger partial charge < -0.3 is 4.74 Å². The molecule has 0 N–H and O–H groups in total. The van der Waals surface area contributed by atoms with Crippen molar-refractivity contribution in [3.63, 3.8) is 0 Å². The molecule has 1 fully saturated rings. The zero-order valence-electron chi connectivity index (χ0n) is 14.2. The maximum atomic E-state index is 5.52. The topological polar surface area (TPSA) is 9.23 Å². The Morgan fingerprint density at radius 3 is 3.11 bits per heavy atom. The lowest BCUT2D eigenvalue weighted by Crippen LogP contribution is -2.18. The molecular formula is C8H26O. The summed E-state index contributed by atoms with van der Waals surface area (Å²) in [5, 5.41) is 0. The molecule has 9 heavy (non-hydrogen) atoms. The third-order valence-electron chi connectivity index (χ3n) is 1.88. The first-order chi connectivity index (χ1) is 8.43. The van der Waals surface area contributed by atoms with Crippen LogP contribution in [0.25, 0.3) is 0 Å². The summed E-state index contributed by atoms with van der Waals surface area (Å²) in [6.07, 6.45) is 7.09. The molecule has 1 aliphatic heterocycles. The molecule has 1 unspecified atom stereocenters. The average molecular weight is 147 g/mol. The fourth-order valence-corrected chi connectivity index (χ4v) is 1.36. The van der Waals surface area contributed by atoms with Crippen LogP contribution in [0.5, 0.6) is 0 Å². The van der Waals surface area contributed by atoms with Crippen LogP contribution in [0.2, 0.25) is 0 Å². The Kier molecular flexibility index (Phi) is 1.46. The van der Waals surface area contributed by atoms with Crippen molar-refractivity contribution in [3.05, 3.63) is 0 Å². The highest BCUT2D eigenvalue weighted by Crippen LogP contribution is 2.16. The Labute approximate surface area is 71.2 Å². The van der Waals surface area contributed by atoms with Gasteiger partial charge in [0.2, 0.25) is 0 Å². The molecule has 0 amide bonds. The summed E-state index contributed by atoms with van der Waals surface area (Å²) in [6, 6.07) is 0. The van der Waals surface area contributed by atoms with Crippen LogP contribution in [-0.4, -0.2) is 12.7 Å². The second-order valence-electron chi connectivity index (χ2n) is 2.78. The molecule has 1 nitrogen and oxygen atoms in total. The van der Waals surface area contributed by atoms with E-state index in [9.17, 15) is 0 Å². The Bertz CT molecular complexity index is 80.2. The van der Waals surface area contributed by atoms with Gasteiger partial charge in [-0.15, -0.1) is 0 Å². The molecule has 64 valence electrons. The SMILES string of the molecule is CCCC1CCCCO1.[2HH].[2H][2H].[2H][2H].[2H][2H].[2H][2H]. The Hall–Kier alpha value is -0.0400. The highest BCUT2D eigenvalue weighted by molar-refractivity contribution is 4.61. The standard InChI is InChI=1S/C8H16O.5H2/c1-2-5-8-6-3-4-7-9-8;;;;;/h8H,2-7H2,1H3;5*1H/i;4*1+1D;1+1. The van der Waals surface area contributed by atoms with E-state index in [0.29, 0.717) is 6.10 Å². The quantitative estimate of drug-likeness (QED) is 0.580. The van der Waals surface area contributed by atoms with Crippen LogP contribution >= 0.6 is 0 Å². The third kappa shape index (κ3) is 2.35. The highest BCUT2D eigenvalue weighted by Gasteiger charge is 2.11. The van der Waals surface area contributed by atoms with Crippen molar-refractivity contribution in [2.45, 2.75) is 45.1 Å². The average Bonchev–Trinajstić information content (AvgIpc) is 2.49. The van der Waals surface area contributed by atoms with Gasteiger partial charge in [-0.25, -0.2) is 0 Å². The molecule has 1 heteroatoms. The van der Waals surface area contributed by atoms with Gasteiger partial charge in [0.15, 0.2) is 0 Å². The van der Waals surface area contributed by atoms with Crippen molar-refractivity contribution < 1.29 is 18.0 Å². The minimum Gasteiger partial charge on any atom is -0.378 e. The largest absolute Gasteiger partial charge is 0.378 e. The lowest BCUT2D eigenvalue weighted by molar-refractivity contribution is 0.0109. The van der Waals surface area contributed by atoms with E-state index in [1.165, 1.54) is 32.1 Å². The minimum absolute atomic E-state index is 0. The Morgan fingerprint density at radius 1 is 1.67 bits per heavy atom. The number of ether oxygens (including phenoxy) is 1. The summed E-state index contributed by atoms with van der Waals surface area (Å²) in [6.45, 7) is 3.22. The molecule has 1 saturated heterocycles. The second kappa shape index (κ2) is 3.89. The molecule has 0 radical (unpaired) electrons. The molecule has 1 rings (SSSR count). The van der Waals surface area contributed by atoms with Crippen molar-refractivity contribution in [2.24, 2.45) is 0 Å². The maximum Gasteiger partial charge on any atom is 0.0575 e. The van der Waals surface area contributed by atoms with Crippen LogP contribution < -0.4 is 0 Å². The van der Waals surface area contributed by atoms with Crippen LogP contribution in [0, 0.1) is 0 Å². The monoisotopic (exact) mass is 147 g/mol. The zero-order chi connectivity index (χ0) is 14.5. The highest BCUT2D eigenvalue weighted by atomic mass is 16.5. The summed E-state index contributed by atoms with van der Waals surface area (Å²) in [5.74, 6) is 0. The summed E-state index contributed by atoms with van der Waals surface area (Å²) in [4.78, 5) is 0. The van der Waals surface area contributed by atoms with Gasteiger partial charge in [0.1, 0.15) is 0 Å². The molecule has 1 atom stereocenters. The molecule has 1 heterocycles. The third-order valence-corrected chi connectivity index (χ3v) is 1.88. The molecule has 0 bridgehead atoms. The lowest BCUT2D eigenvalue weighted by atomic mass is 10.1. The van der Waals surface area contributed by atoms with Crippen LogP contribution in [0.15, 0.2) is 0 Å². The maximum absolute atomic E-state index is 5.52. The van der Waals surface area contributed by atoms with Gasteiger partial charge in [-0.05, 0) is 25.7 Å². The van der Waals surface area contributed by atoms with E-state index in [1.54, 1.807) is 0 Å². The second-order valence-corrected chi connectivity index (χ2v) is 2.78. The van der Waals surface area contributed by atoms with E-state index in [2.05, 4.69) is 6.92 Å². The minimum atomic E-state index is 0. The van der Waals surface area contributed by atoms with E-state index < -0.39 is 0 Å². The van der Waals surface area contributed by atoms with Gasteiger partial charge >= 0.3 is 0 Å². The Morgan fingerprint density at radius 2 is 2.56 bits per heavy atom. The first-order valence-corrected chi connectivity index (χ1v) is 4.05. The fourth-order valence-electron chi connectivity index (χ4n) is 1.36.